The number of aromatic carboxylic acids is 1. The number of ether oxygens (including phenoxy) is 1. The van der Waals surface area contributed by atoms with E-state index in [4.69, 9.17) is 4.74 Å². The van der Waals surface area contributed by atoms with Crippen LogP contribution in [0.15, 0.2) is 35.5 Å². The number of fused-ring (bicyclic) bond motifs is 1. The first kappa shape index (κ1) is 23.3. The number of hydrogen-bond donors (Lipinski definition) is 1. The quantitative estimate of drug-likeness (QED) is 0.579. The van der Waals surface area contributed by atoms with E-state index in [-0.39, 0.29) is 42.3 Å². The lowest BCUT2D eigenvalue weighted by molar-refractivity contribution is -0.0488. The smallest absolute Gasteiger partial charge is 0.387 e. The molecule has 180 valence electrons. The summed E-state index contributed by atoms with van der Waals surface area (Å²) >= 11 is 0. The van der Waals surface area contributed by atoms with Crippen molar-refractivity contribution < 1.29 is 27.8 Å². The SMILES string of the molecule is CCn1cc(C(=O)O)c(=O)c2cc(F)c(N3CCN(c4ncccn4)C(C)C3)c(OC(F)F)c21. The fourth-order valence-electron chi connectivity index (χ4n) is 4.28. The minimum Gasteiger partial charge on any atom is -0.477 e. The average Bonchev–Trinajstić information content (AvgIpc) is 2.79. The predicted octanol–water partition coefficient (Wildman–Crippen LogP) is 2.97. The van der Waals surface area contributed by atoms with Gasteiger partial charge in [-0.25, -0.2) is 19.2 Å². The number of piperazine rings is 1. The molecule has 1 aromatic carbocycles. The molecule has 0 amide bonds. The third-order valence-electron chi connectivity index (χ3n) is 5.77. The van der Waals surface area contributed by atoms with Gasteiger partial charge in [-0.2, -0.15) is 8.78 Å². The van der Waals surface area contributed by atoms with Crippen LogP contribution in [0.5, 0.6) is 5.75 Å². The van der Waals surface area contributed by atoms with Crippen molar-refractivity contribution in [1.29, 1.82) is 0 Å². The van der Waals surface area contributed by atoms with E-state index < -0.39 is 35.1 Å². The number of carboxylic acids is 1. The maximum atomic E-state index is 15.4. The number of anilines is 2. The second-order valence-electron chi connectivity index (χ2n) is 7.81. The molecule has 2 aromatic heterocycles. The van der Waals surface area contributed by atoms with Gasteiger partial charge in [-0.05, 0) is 26.0 Å². The van der Waals surface area contributed by atoms with E-state index in [0.717, 1.165) is 12.3 Å². The minimum atomic E-state index is -3.29. The molecule has 1 fully saturated rings. The number of carbonyl (C=O) groups is 1. The van der Waals surface area contributed by atoms with Crippen LogP contribution in [0.25, 0.3) is 10.9 Å². The second-order valence-corrected chi connectivity index (χ2v) is 7.81. The molecule has 0 spiro atoms. The second kappa shape index (κ2) is 9.20. The molecular formula is C22H22F3N5O4. The average molecular weight is 477 g/mol. The van der Waals surface area contributed by atoms with E-state index >= 15 is 4.39 Å². The van der Waals surface area contributed by atoms with Gasteiger partial charge in [-0.1, -0.05) is 0 Å². The Morgan fingerprint density at radius 3 is 2.59 bits per heavy atom. The van der Waals surface area contributed by atoms with Gasteiger partial charge >= 0.3 is 12.6 Å². The molecule has 12 heteroatoms. The monoisotopic (exact) mass is 477 g/mol. The van der Waals surface area contributed by atoms with Crippen molar-refractivity contribution in [1.82, 2.24) is 14.5 Å². The number of pyridine rings is 1. The summed E-state index contributed by atoms with van der Waals surface area (Å²) in [7, 11) is 0. The lowest BCUT2D eigenvalue weighted by Crippen LogP contribution is -2.53. The van der Waals surface area contributed by atoms with Crippen LogP contribution in [0.4, 0.5) is 24.8 Å². The minimum absolute atomic E-state index is 0.0873. The van der Waals surface area contributed by atoms with Gasteiger partial charge in [-0.15, -0.1) is 0 Å². The Bertz CT molecular complexity index is 1290. The predicted molar refractivity (Wildman–Crippen MR) is 118 cm³/mol. The van der Waals surface area contributed by atoms with Crippen molar-refractivity contribution in [3.63, 3.8) is 0 Å². The number of halogens is 3. The van der Waals surface area contributed by atoms with E-state index in [0.29, 0.717) is 12.5 Å². The van der Waals surface area contributed by atoms with Gasteiger partial charge in [0.05, 0.1) is 10.9 Å². The van der Waals surface area contributed by atoms with Crippen molar-refractivity contribution in [2.45, 2.75) is 33.0 Å². The Kier molecular flexibility index (Phi) is 6.31. The van der Waals surface area contributed by atoms with Crippen LogP contribution in [-0.2, 0) is 6.54 Å². The van der Waals surface area contributed by atoms with Crippen molar-refractivity contribution in [2.24, 2.45) is 0 Å². The maximum absolute atomic E-state index is 15.4. The molecule has 1 aliphatic rings. The Morgan fingerprint density at radius 1 is 1.29 bits per heavy atom. The first-order valence-corrected chi connectivity index (χ1v) is 10.6. The summed E-state index contributed by atoms with van der Waals surface area (Å²) in [6, 6.07) is 2.38. The molecular weight excluding hydrogens is 455 g/mol. The van der Waals surface area contributed by atoms with Crippen molar-refractivity contribution in [3.05, 3.63) is 52.3 Å². The summed E-state index contributed by atoms with van der Waals surface area (Å²) < 4.78 is 48.4. The normalized spacial score (nSPS) is 16.4. The van der Waals surface area contributed by atoms with Crippen LogP contribution < -0.4 is 20.0 Å². The number of aryl methyl sites for hydroxylation is 1. The van der Waals surface area contributed by atoms with E-state index in [1.165, 1.54) is 4.57 Å². The van der Waals surface area contributed by atoms with Crippen LogP contribution in [0.2, 0.25) is 0 Å². The topological polar surface area (TPSA) is 101 Å². The fourth-order valence-corrected chi connectivity index (χ4v) is 4.28. The zero-order valence-corrected chi connectivity index (χ0v) is 18.4. The molecule has 1 saturated heterocycles. The van der Waals surface area contributed by atoms with Crippen molar-refractivity contribution in [2.75, 3.05) is 29.4 Å². The summed E-state index contributed by atoms with van der Waals surface area (Å²) in [4.78, 5) is 36.2. The fraction of sp³-hybridized carbons (Fsp3) is 0.364. The van der Waals surface area contributed by atoms with Crippen molar-refractivity contribution >= 4 is 28.5 Å². The molecule has 4 rings (SSSR count). The lowest BCUT2D eigenvalue weighted by atomic mass is 10.1. The molecule has 1 atom stereocenters. The van der Waals surface area contributed by atoms with E-state index in [9.17, 15) is 23.5 Å². The third kappa shape index (κ3) is 4.11. The molecule has 9 nitrogen and oxygen atoms in total. The van der Waals surface area contributed by atoms with Gasteiger partial charge in [-0.3, -0.25) is 4.79 Å². The molecule has 3 heterocycles. The van der Waals surface area contributed by atoms with Gasteiger partial charge < -0.3 is 24.2 Å². The molecule has 0 aliphatic carbocycles. The molecule has 1 unspecified atom stereocenters. The highest BCUT2D eigenvalue weighted by molar-refractivity contribution is 5.97. The highest BCUT2D eigenvalue weighted by Crippen LogP contribution is 2.40. The highest BCUT2D eigenvalue weighted by atomic mass is 19.3. The van der Waals surface area contributed by atoms with E-state index in [1.54, 1.807) is 30.3 Å². The summed E-state index contributed by atoms with van der Waals surface area (Å²) in [5.74, 6) is -2.46. The summed E-state index contributed by atoms with van der Waals surface area (Å²) in [6.07, 6.45) is 4.27. The number of aromatic nitrogens is 3. The third-order valence-corrected chi connectivity index (χ3v) is 5.77. The molecule has 0 saturated carbocycles. The van der Waals surface area contributed by atoms with E-state index in [2.05, 4.69) is 9.97 Å². The molecule has 0 bridgehead atoms. The van der Waals surface area contributed by atoms with E-state index in [1.807, 2.05) is 11.8 Å². The number of alkyl halides is 2. The molecule has 1 N–H and O–H groups in total. The molecule has 34 heavy (non-hydrogen) atoms. The Hall–Kier alpha value is -3.83. The summed E-state index contributed by atoms with van der Waals surface area (Å²) in [5.41, 5.74) is -1.86. The zero-order chi connectivity index (χ0) is 24.6. The van der Waals surface area contributed by atoms with Crippen LogP contribution in [0.3, 0.4) is 0 Å². The van der Waals surface area contributed by atoms with Crippen LogP contribution in [0, 0.1) is 5.82 Å². The largest absolute Gasteiger partial charge is 0.477 e. The first-order valence-electron chi connectivity index (χ1n) is 10.6. The standard InChI is InChI=1S/C22H22F3N5O4/c1-3-28-11-14(20(32)33)18(31)13-9-15(23)17(19(16(13)28)34-21(24)25)29-7-8-30(12(2)10-29)22-26-5-4-6-27-22/h4-6,9,11-12,21H,3,7-8,10H2,1-2H3,(H,32,33). The number of nitrogens with zero attached hydrogens (tertiary/aromatic N) is 5. The zero-order valence-electron chi connectivity index (χ0n) is 18.4. The molecule has 0 radical (unpaired) electrons. The number of benzene rings is 1. The Balaban J connectivity index is 1.86. The van der Waals surface area contributed by atoms with Gasteiger partial charge in [0.1, 0.15) is 11.3 Å². The number of carboxylic acid groups (broad SMARTS) is 1. The van der Waals surface area contributed by atoms with Crippen LogP contribution >= 0.6 is 0 Å². The summed E-state index contributed by atoms with van der Waals surface area (Å²) in [6.45, 7) is 1.23. The summed E-state index contributed by atoms with van der Waals surface area (Å²) in [5, 5.41) is 9.01. The molecule has 1 aliphatic heterocycles. The van der Waals surface area contributed by atoms with Gasteiger partial charge in [0.15, 0.2) is 11.6 Å². The number of rotatable bonds is 6. The highest BCUT2D eigenvalue weighted by Gasteiger charge is 2.32. The number of hydrogen-bond acceptors (Lipinski definition) is 7. The first-order chi connectivity index (χ1) is 16.2. The van der Waals surface area contributed by atoms with Gasteiger partial charge in [0, 0.05) is 50.8 Å². The Labute approximate surface area is 192 Å². The van der Waals surface area contributed by atoms with Gasteiger partial charge in [0.2, 0.25) is 11.4 Å². The van der Waals surface area contributed by atoms with Crippen LogP contribution in [0.1, 0.15) is 24.2 Å². The maximum Gasteiger partial charge on any atom is 0.387 e. The van der Waals surface area contributed by atoms with Gasteiger partial charge in [0.25, 0.3) is 0 Å². The Morgan fingerprint density at radius 2 is 2.00 bits per heavy atom. The lowest BCUT2D eigenvalue weighted by Gasteiger charge is -2.41. The van der Waals surface area contributed by atoms with Crippen molar-refractivity contribution in [3.8, 4) is 5.75 Å². The van der Waals surface area contributed by atoms with Crippen LogP contribution in [-0.4, -0.2) is 57.9 Å². The molecule has 3 aromatic rings.